The van der Waals surface area contributed by atoms with Gasteiger partial charge in [-0.05, 0) is 24.3 Å². The Morgan fingerprint density at radius 1 is 1.11 bits per heavy atom. The number of anilines is 2. The van der Waals surface area contributed by atoms with Crippen molar-refractivity contribution in [1.29, 1.82) is 5.26 Å². The molecule has 0 heterocycles. The smallest absolute Gasteiger partial charge is 0.139 e. The van der Waals surface area contributed by atoms with Gasteiger partial charge in [0, 0.05) is 12.2 Å². The number of nitrogens with one attached hydrogen (secondary N) is 1. The quantitative estimate of drug-likeness (QED) is 0.634. The monoisotopic (exact) mass is 253 g/mol. The molecule has 4 nitrogen and oxygen atoms in total. The number of para-hydroxylation sites is 1. The van der Waals surface area contributed by atoms with E-state index >= 15 is 0 Å². The standard InChI is InChI=1S/C15H15N3O/c16-11-13-14(17)7-4-8-15(13)19-10-9-18-12-5-2-1-3-6-12/h1-8,18H,9-10,17H2. The predicted octanol–water partition coefficient (Wildman–Crippen LogP) is 2.63. The molecule has 0 unspecified atom stereocenters. The van der Waals surface area contributed by atoms with E-state index in [-0.39, 0.29) is 0 Å². The zero-order valence-corrected chi connectivity index (χ0v) is 10.5. The molecule has 0 aliphatic carbocycles. The van der Waals surface area contributed by atoms with Crippen molar-refractivity contribution in [2.75, 3.05) is 24.2 Å². The van der Waals surface area contributed by atoms with Crippen LogP contribution in [0.2, 0.25) is 0 Å². The maximum atomic E-state index is 9.01. The molecule has 0 fully saturated rings. The fourth-order valence-electron chi connectivity index (χ4n) is 1.70. The number of nitriles is 1. The highest BCUT2D eigenvalue weighted by atomic mass is 16.5. The molecule has 0 saturated carbocycles. The summed E-state index contributed by atoms with van der Waals surface area (Å²) in [5, 5.41) is 12.2. The second-order valence-electron chi connectivity index (χ2n) is 3.97. The lowest BCUT2D eigenvalue weighted by atomic mass is 10.2. The Balaban J connectivity index is 1.87. The molecule has 2 aromatic carbocycles. The van der Waals surface area contributed by atoms with Crippen LogP contribution >= 0.6 is 0 Å². The summed E-state index contributed by atoms with van der Waals surface area (Å²) >= 11 is 0. The first-order chi connectivity index (χ1) is 9.31. The van der Waals surface area contributed by atoms with E-state index < -0.39 is 0 Å². The van der Waals surface area contributed by atoms with Crippen molar-refractivity contribution >= 4 is 11.4 Å². The van der Waals surface area contributed by atoms with Gasteiger partial charge in [0.25, 0.3) is 0 Å². The lowest BCUT2D eigenvalue weighted by Crippen LogP contribution is -2.12. The first kappa shape index (κ1) is 12.8. The molecular weight excluding hydrogens is 238 g/mol. The summed E-state index contributed by atoms with van der Waals surface area (Å²) in [6, 6.07) is 17.1. The highest BCUT2D eigenvalue weighted by Gasteiger charge is 2.05. The topological polar surface area (TPSA) is 71.1 Å². The first-order valence-electron chi connectivity index (χ1n) is 6.01. The van der Waals surface area contributed by atoms with E-state index in [1.807, 2.05) is 30.3 Å². The SMILES string of the molecule is N#Cc1c(N)cccc1OCCNc1ccccc1. The average Bonchev–Trinajstić information content (AvgIpc) is 2.45. The van der Waals surface area contributed by atoms with Gasteiger partial charge in [0.05, 0.1) is 5.69 Å². The summed E-state index contributed by atoms with van der Waals surface area (Å²) in [5.41, 5.74) is 7.58. The van der Waals surface area contributed by atoms with Crippen LogP contribution in [0.15, 0.2) is 48.5 Å². The molecule has 96 valence electrons. The second kappa shape index (κ2) is 6.31. The number of hydrogen-bond acceptors (Lipinski definition) is 4. The summed E-state index contributed by atoms with van der Waals surface area (Å²) in [5.74, 6) is 0.525. The Labute approximate surface area is 112 Å². The van der Waals surface area contributed by atoms with Gasteiger partial charge in [-0.1, -0.05) is 24.3 Å². The van der Waals surface area contributed by atoms with Gasteiger partial charge in [-0.2, -0.15) is 5.26 Å². The molecule has 4 heteroatoms. The van der Waals surface area contributed by atoms with Crippen LogP contribution < -0.4 is 15.8 Å². The molecule has 0 radical (unpaired) electrons. The normalized spacial score (nSPS) is 9.63. The van der Waals surface area contributed by atoms with Crippen molar-refractivity contribution in [2.45, 2.75) is 0 Å². The van der Waals surface area contributed by atoms with E-state index in [4.69, 9.17) is 15.7 Å². The zero-order chi connectivity index (χ0) is 13.5. The van der Waals surface area contributed by atoms with Gasteiger partial charge < -0.3 is 15.8 Å². The van der Waals surface area contributed by atoms with Crippen molar-refractivity contribution < 1.29 is 4.74 Å². The summed E-state index contributed by atoms with van der Waals surface area (Å²) in [7, 11) is 0. The van der Waals surface area contributed by atoms with Gasteiger partial charge in [0.1, 0.15) is 24.0 Å². The summed E-state index contributed by atoms with van der Waals surface area (Å²) in [4.78, 5) is 0. The van der Waals surface area contributed by atoms with E-state index in [9.17, 15) is 0 Å². The van der Waals surface area contributed by atoms with Gasteiger partial charge in [0.2, 0.25) is 0 Å². The average molecular weight is 253 g/mol. The van der Waals surface area contributed by atoms with Crippen LogP contribution in [0.3, 0.4) is 0 Å². The Kier molecular flexibility index (Phi) is 4.25. The molecule has 0 saturated heterocycles. The second-order valence-corrected chi connectivity index (χ2v) is 3.97. The minimum absolute atomic E-state index is 0.391. The van der Waals surface area contributed by atoms with Gasteiger partial charge >= 0.3 is 0 Å². The fourth-order valence-corrected chi connectivity index (χ4v) is 1.70. The van der Waals surface area contributed by atoms with E-state index in [0.717, 1.165) is 5.69 Å². The van der Waals surface area contributed by atoms with Gasteiger partial charge in [-0.15, -0.1) is 0 Å². The molecule has 0 atom stereocenters. The Morgan fingerprint density at radius 2 is 1.89 bits per heavy atom. The number of nitrogen functional groups attached to an aromatic ring is 1. The van der Waals surface area contributed by atoms with Crippen LogP contribution in [-0.2, 0) is 0 Å². The molecule has 2 rings (SSSR count). The van der Waals surface area contributed by atoms with Crippen LogP contribution in [-0.4, -0.2) is 13.2 Å². The van der Waals surface area contributed by atoms with E-state index in [1.54, 1.807) is 18.2 Å². The maximum absolute atomic E-state index is 9.01. The number of nitrogens with zero attached hydrogens (tertiary/aromatic N) is 1. The number of ether oxygens (including phenoxy) is 1. The predicted molar refractivity (Wildman–Crippen MR) is 76.0 cm³/mol. The number of nitrogens with two attached hydrogens (primary N) is 1. The zero-order valence-electron chi connectivity index (χ0n) is 10.5. The molecule has 0 aliphatic heterocycles. The molecule has 0 spiro atoms. The number of rotatable bonds is 5. The lowest BCUT2D eigenvalue weighted by Gasteiger charge is -2.10. The van der Waals surface area contributed by atoms with E-state index in [2.05, 4.69) is 11.4 Å². The van der Waals surface area contributed by atoms with Crippen molar-refractivity contribution in [2.24, 2.45) is 0 Å². The molecule has 0 bridgehead atoms. The summed E-state index contributed by atoms with van der Waals surface area (Å²) < 4.78 is 5.57. The molecule has 3 N–H and O–H groups in total. The van der Waals surface area contributed by atoms with Crippen molar-refractivity contribution in [3.63, 3.8) is 0 Å². The maximum Gasteiger partial charge on any atom is 0.139 e. The minimum Gasteiger partial charge on any atom is -0.490 e. The van der Waals surface area contributed by atoms with Crippen molar-refractivity contribution in [3.05, 3.63) is 54.1 Å². The Bertz CT molecular complexity index is 576. The van der Waals surface area contributed by atoms with Gasteiger partial charge in [-0.3, -0.25) is 0 Å². The first-order valence-corrected chi connectivity index (χ1v) is 6.01. The van der Waals surface area contributed by atoms with Crippen molar-refractivity contribution in [1.82, 2.24) is 0 Å². The molecule has 0 amide bonds. The molecule has 19 heavy (non-hydrogen) atoms. The van der Waals surface area contributed by atoms with Crippen LogP contribution in [0, 0.1) is 11.3 Å². The van der Waals surface area contributed by atoms with Gasteiger partial charge in [-0.25, -0.2) is 0 Å². The van der Waals surface area contributed by atoms with E-state index in [1.165, 1.54) is 0 Å². The third-order valence-electron chi connectivity index (χ3n) is 2.63. The van der Waals surface area contributed by atoms with E-state index in [0.29, 0.717) is 30.2 Å². The number of benzene rings is 2. The Hall–Kier alpha value is -2.67. The largest absolute Gasteiger partial charge is 0.490 e. The summed E-state index contributed by atoms with van der Waals surface area (Å²) in [6.45, 7) is 1.12. The molecular formula is C15H15N3O. The van der Waals surface area contributed by atoms with Crippen LogP contribution in [0.4, 0.5) is 11.4 Å². The Morgan fingerprint density at radius 3 is 2.63 bits per heavy atom. The highest BCUT2D eigenvalue weighted by Crippen LogP contribution is 2.22. The highest BCUT2D eigenvalue weighted by molar-refractivity contribution is 5.60. The van der Waals surface area contributed by atoms with Crippen LogP contribution in [0.25, 0.3) is 0 Å². The molecule has 0 aliphatic rings. The van der Waals surface area contributed by atoms with Crippen LogP contribution in [0.5, 0.6) is 5.75 Å². The minimum atomic E-state index is 0.391. The van der Waals surface area contributed by atoms with Gasteiger partial charge in [0.15, 0.2) is 0 Å². The third-order valence-corrected chi connectivity index (χ3v) is 2.63. The fraction of sp³-hybridized carbons (Fsp3) is 0.133. The summed E-state index contributed by atoms with van der Waals surface area (Å²) in [6.07, 6.45) is 0. The number of hydrogen-bond donors (Lipinski definition) is 2. The molecule has 2 aromatic rings. The van der Waals surface area contributed by atoms with Crippen molar-refractivity contribution in [3.8, 4) is 11.8 Å². The van der Waals surface area contributed by atoms with Crippen LogP contribution in [0.1, 0.15) is 5.56 Å². The molecule has 0 aromatic heterocycles. The third kappa shape index (κ3) is 3.39. The lowest BCUT2D eigenvalue weighted by molar-refractivity contribution is 0.332.